The Morgan fingerprint density at radius 2 is 2.12 bits per heavy atom. The summed E-state index contributed by atoms with van der Waals surface area (Å²) in [6, 6.07) is 11.8. The minimum atomic E-state index is -0.252. The van der Waals surface area contributed by atoms with E-state index >= 15 is 0 Å². The average molecular weight is 357 g/mol. The van der Waals surface area contributed by atoms with E-state index in [4.69, 9.17) is 14.6 Å². The predicted molar refractivity (Wildman–Crippen MR) is 101 cm³/mol. The van der Waals surface area contributed by atoms with Crippen LogP contribution in [0.3, 0.4) is 0 Å². The van der Waals surface area contributed by atoms with Crippen molar-refractivity contribution >= 4 is 11.7 Å². The predicted octanol–water partition coefficient (Wildman–Crippen LogP) is 3.30. The number of hydrogen-bond donors (Lipinski definition) is 1. The molecule has 2 aromatic rings. The molecular formula is C20H27N3O3. The summed E-state index contributed by atoms with van der Waals surface area (Å²) >= 11 is 0. The molecule has 1 aliphatic rings. The third-order valence-electron chi connectivity index (χ3n) is 4.29. The molecule has 1 fully saturated rings. The highest BCUT2D eigenvalue weighted by molar-refractivity contribution is 5.91. The maximum atomic E-state index is 12.3. The van der Waals surface area contributed by atoms with Crippen LogP contribution in [0.15, 0.2) is 36.4 Å². The van der Waals surface area contributed by atoms with Crippen LogP contribution in [0, 0.1) is 5.92 Å². The first-order valence-corrected chi connectivity index (χ1v) is 9.05. The maximum absolute atomic E-state index is 12.3. The maximum Gasteiger partial charge on any atom is 0.251 e. The lowest BCUT2D eigenvalue weighted by Gasteiger charge is -2.22. The standard InChI is InChI=1S/C20H27N3O3/c1-20(2,3)23-18(11-17(22-23)16-7-5-4-6-8-16)21-19(24)14-26-13-15-9-10-25-12-15/h4-8,11,15H,9-10,12-14H2,1-3H3,(H,21,24). The molecule has 3 rings (SSSR count). The van der Waals surface area contributed by atoms with Crippen molar-refractivity contribution in [2.45, 2.75) is 32.7 Å². The number of benzene rings is 1. The van der Waals surface area contributed by atoms with E-state index in [-0.39, 0.29) is 18.1 Å². The van der Waals surface area contributed by atoms with Crippen LogP contribution in [0.1, 0.15) is 27.2 Å². The molecule has 26 heavy (non-hydrogen) atoms. The summed E-state index contributed by atoms with van der Waals surface area (Å²) in [5, 5.41) is 7.63. The van der Waals surface area contributed by atoms with Gasteiger partial charge in [0.25, 0.3) is 5.91 Å². The summed E-state index contributed by atoms with van der Waals surface area (Å²) < 4.78 is 12.7. The molecule has 1 saturated heterocycles. The smallest absolute Gasteiger partial charge is 0.251 e. The van der Waals surface area contributed by atoms with Crippen molar-refractivity contribution in [3.8, 4) is 11.3 Å². The lowest BCUT2D eigenvalue weighted by molar-refractivity contribution is -0.121. The SMILES string of the molecule is CC(C)(C)n1nc(-c2ccccc2)cc1NC(=O)COCC1CCOC1. The molecule has 6 nitrogen and oxygen atoms in total. The molecular weight excluding hydrogens is 330 g/mol. The van der Waals surface area contributed by atoms with Crippen molar-refractivity contribution in [1.29, 1.82) is 0 Å². The van der Waals surface area contributed by atoms with E-state index in [0.29, 0.717) is 18.3 Å². The molecule has 2 heterocycles. The first kappa shape index (κ1) is 18.6. The van der Waals surface area contributed by atoms with Crippen LogP contribution in [0.4, 0.5) is 5.82 Å². The molecule has 1 unspecified atom stereocenters. The van der Waals surface area contributed by atoms with Crippen LogP contribution in [-0.4, -0.2) is 42.1 Å². The molecule has 1 atom stereocenters. The first-order chi connectivity index (χ1) is 12.4. The van der Waals surface area contributed by atoms with Gasteiger partial charge in [-0.15, -0.1) is 0 Å². The lowest BCUT2D eigenvalue weighted by Crippen LogP contribution is -2.28. The Morgan fingerprint density at radius 1 is 1.35 bits per heavy atom. The Bertz CT molecular complexity index is 729. The van der Waals surface area contributed by atoms with Crippen LogP contribution in [0.2, 0.25) is 0 Å². The van der Waals surface area contributed by atoms with Gasteiger partial charge in [-0.2, -0.15) is 5.10 Å². The molecule has 0 aliphatic carbocycles. The molecule has 0 radical (unpaired) electrons. The number of nitrogens with one attached hydrogen (secondary N) is 1. The van der Waals surface area contributed by atoms with E-state index in [1.165, 1.54) is 0 Å². The number of hydrogen-bond acceptors (Lipinski definition) is 4. The summed E-state index contributed by atoms with van der Waals surface area (Å²) in [4.78, 5) is 12.3. The largest absolute Gasteiger partial charge is 0.381 e. The molecule has 0 bridgehead atoms. The van der Waals surface area contributed by atoms with Crippen molar-refractivity contribution in [3.05, 3.63) is 36.4 Å². The molecule has 6 heteroatoms. The number of nitrogens with zero attached hydrogens (tertiary/aromatic N) is 2. The average Bonchev–Trinajstić information content (AvgIpc) is 3.25. The van der Waals surface area contributed by atoms with Gasteiger partial charge in [0.15, 0.2) is 0 Å². The highest BCUT2D eigenvalue weighted by atomic mass is 16.5. The number of carbonyl (C=O) groups is 1. The third-order valence-corrected chi connectivity index (χ3v) is 4.29. The fourth-order valence-electron chi connectivity index (χ4n) is 2.94. The highest BCUT2D eigenvalue weighted by Gasteiger charge is 2.22. The van der Waals surface area contributed by atoms with Crippen LogP contribution in [-0.2, 0) is 19.8 Å². The van der Waals surface area contributed by atoms with Gasteiger partial charge in [-0.05, 0) is 27.2 Å². The zero-order valence-electron chi connectivity index (χ0n) is 15.7. The van der Waals surface area contributed by atoms with Crippen LogP contribution in [0.25, 0.3) is 11.3 Å². The molecule has 0 saturated carbocycles. The fourth-order valence-corrected chi connectivity index (χ4v) is 2.94. The highest BCUT2D eigenvalue weighted by Crippen LogP contribution is 2.27. The summed E-state index contributed by atoms with van der Waals surface area (Å²) in [6.07, 6.45) is 0.999. The van der Waals surface area contributed by atoms with Gasteiger partial charge < -0.3 is 14.8 Å². The second-order valence-electron chi connectivity index (χ2n) is 7.66. The minimum Gasteiger partial charge on any atom is -0.381 e. The Kier molecular flexibility index (Phi) is 5.74. The number of amides is 1. The Labute approximate surface area is 154 Å². The molecule has 1 amide bonds. The van der Waals surface area contributed by atoms with Crippen molar-refractivity contribution < 1.29 is 14.3 Å². The summed E-state index contributed by atoms with van der Waals surface area (Å²) in [5.74, 6) is 0.899. The third kappa shape index (κ3) is 4.71. The van der Waals surface area contributed by atoms with Crippen LogP contribution >= 0.6 is 0 Å². The van der Waals surface area contributed by atoms with E-state index in [2.05, 4.69) is 26.1 Å². The van der Waals surface area contributed by atoms with Gasteiger partial charge in [0, 0.05) is 24.2 Å². The normalized spacial score (nSPS) is 17.4. The van der Waals surface area contributed by atoms with E-state index in [1.807, 2.05) is 41.1 Å². The number of anilines is 1. The zero-order valence-corrected chi connectivity index (χ0v) is 15.7. The van der Waals surface area contributed by atoms with Crippen molar-refractivity contribution in [1.82, 2.24) is 9.78 Å². The van der Waals surface area contributed by atoms with Crippen molar-refractivity contribution in [2.75, 3.05) is 31.7 Å². The molecule has 1 aromatic carbocycles. The van der Waals surface area contributed by atoms with E-state index in [9.17, 15) is 4.79 Å². The minimum absolute atomic E-state index is 0.0342. The topological polar surface area (TPSA) is 65.4 Å². The molecule has 140 valence electrons. The van der Waals surface area contributed by atoms with Gasteiger partial charge in [-0.25, -0.2) is 4.68 Å². The molecule has 1 aliphatic heterocycles. The second-order valence-corrected chi connectivity index (χ2v) is 7.66. The Hall–Kier alpha value is -2.18. The first-order valence-electron chi connectivity index (χ1n) is 9.05. The second kappa shape index (κ2) is 8.01. The number of ether oxygens (including phenoxy) is 2. The number of aromatic nitrogens is 2. The monoisotopic (exact) mass is 357 g/mol. The van der Waals surface area contributed by atoms with Crippen molar-refractivity contribution in [2.24, 2.45) is 5.92 Å². The van der Waals surface area contributed by atoms with Crippen LogP contribution in [0.5, 0.6) is 0 Å². The Morgan fingerprint density at radius 3 is 2.77 bits per heavy atom. The summed E-state index contributed by atoms with van der Waals surface area (Å²) in [5.41, 5.74) is 1.60. The quantitative estimate of drug-likeness (QED) is 0.861. The van der Waals surface area contributed by atoms with Gasteiger partial charge in [0.2, 0.25) is 0 Å². The fraction of sp³-hybridized carbons (Fsp3) is 0.500. The van der Waals surface area contributed by atoms with Gasteiger partial charge in [-0.3, -0.25) is 4.79 Å². The van der Waals surface area contributed by atoms with Crippen molar-refractivity contribution in [3.63, 3.8) is 0 Å². The zero-order chi connectivity index (χ0) is 18.6. The Balaban J connectivity index is 1.67. The van der Waals surface area contributed by atoms with Crippen LogP contribution < -0.4 is 5.32 Å². The van der Waals surface area contributed by atoms with Gasteiger partial charge in [0.05, 0.1) is 24.4 Å². The summed E-state index contributed by atoms with van der Waals surface area (Å²) in [6.45, 7) is 8.27. The van der Waals surface area contributed by atoms with E-state index in [0.717, 1.165) is 30.9 Å². The van der Waals surface area contributed by atoms with Gasteiger partial charge >= 0.3 is 0 Å². The molecule has 1 N–H and O–H groups in total. The number of rotatable bonds is 6. The van der Waals surface area contributed by atoms with Gasteiger partial charge in [-0.1, -0.05) is 30.3 Å². The molecule has 0 spiro atoms. The van der Waals surface area contributed by atoms with E-state index < -0.39 is 0 Å². The number of carbonyl (C=O) groups excluding carboxylic acids is 1. The molecule has 1 aromatic heterocycles. The van der Waals surface area contributed by atoms with Gasteiger partial charge in [0.1, 0.15) is 12.4 Å². The lowest BCUT2D eigenvalue weighted by atomic mass is 10.1. The summed E-state index contributed by atoms with van der Waals surface area (Å²) in [7, 11) is 0. The van der Waals surface area contributed by atoms with E-state index in [1.54, 1.807) is 0 Å².